The second kappa shape index (κ2) is 12.3. The summed E-state index contributed by atoms with van der Waals surface area (Å²) in [6.07, 6.45) is -0.281. The monoisotopic (exact) mass is 601 g/mol. The number of methoxy groups -OCH3 is 3. The molecule has 1 fully saturated rings. The molecule has 228 valence electrons. The highest BCUT2D eigenvalue weighted by atomic mass is 16.5. The number of nitrogens with one attached hydrogen (secondary N) is 2. The second-order valence-electron chi connectivity index (χ2n) is 10.1. The van der Waals surface area contributed by atoms with Gasteiger partial charge in [0.2, 0.25) is 0 Å². The Morgan fingerprint density at radius 1 is 1.00 bits per heavy atom. The van der Waals surface area contributed by atoms with Gasteiger partial charge in [0.05, 0.1) is 39.8 Å². The summed E-state index contributed by atoms with van der Waals surface area (Å²) in [6, 6.07) is 13.4. The van der Waals surface area contributed by atoms with E-state index < -0.39 is 37.0 Å². The van der Waals surface area contributed by atoms with Crippen LogP contribution in [0, 0.1) is 0 Å². The standard InChI is InChI=1S/C30H31N7O7/c1-41-20-9-8-16(10-22(20)43-3)12-31-27-25-28(33-14-32-27)37(15-34-25)30-24(26(39)23(13-38)44-30)36-29(40)19-11-21(42-2)17-6-4-5-7-18(17)35-19/h4-11,14-15,23-24,26,30,38-39H,12-13H2,1-3H3,(H,36,40)(H,31,32,33)/t23-,24-,26-,30-/m1/s1. The summed E-state index contributed by atoms with van der Waals surface area (Å²) < 4.78 is 23.8. The van der Waals surface area contributed by atoms with Crippen LogP contribution in [0.25, 0.3) is 22.1 Å². The SMILES string of the molecule is COc1ccc(CNc2ncnc3c2ncn3[C@@H]2O[C@H](CO)[C@@H](O)[C@H]2NC(=O)c2cc(OC)c3ccccc3n2)cc1OC. The number of nitrogens with zero attached hydrogens (tertiary/aromatic N) is 5. The van der Waals surface area contributed by atoms with Gasteiger partial charge in [-0.05, 0) is 29.8 Å². The van der Waals surface area contributed by atoms with E-state index in [1.165, 1.54) is 25.8 Å². The molecule has 6 rings (SSSR count). The van der Waals surface area contributed by atoms with Gasteiger partial charge >= 0.3 is 0 Å². The summed E-state index contributed by atoms with van der Waals surface area (Å²) in [4.78, 5) is 31.2. The molecule has 0 radical (unpaired) electrons. The summed E-state index contributed by atoms with van der Waals surface area (Å²) in [6.45, 7) is -0.0582. The number of imidazole rings is 1. The van der Waals surface area contributed by atoms with Crippen LogP contribution in [-0.2, 0) is 11.3 Å². The largest absolute Gasteiger partial charge is 0.496 e. The lowest BCUT2D eigenvalue weighted by Crippen LogP contribution is -2.47. The lowest BCUT2D eigenvalue weighted by atomic mass is 10.1. The Labute approximate surface area is 251 Å². The first-order chi connectivity index (χ1) is 21.4. The number of carbonyl (C=O) groups excluding carboxylic acids is 1. The topological polar surface area (TPSA) is 175 Å². The number of hydrogen-bond donors (Lipinski definition) is 4. The normalized spacial score (nSPS) is 19.7. The van der Waals surface area contributed by atoms with Crippen LogP contribution in [0.3, 0.4) is 0 Å². The fraction of sp³-hybridized carbons (Fsp3) is 0.300. The van der Waals surface area contributed by atoms with Crippen molar-refractivity contribution < 1.29 is 34.0 Å². The van der Waals surface area contributed by atoms with Crippen molar-refractivity contribution in [2.24, 2.45) is 0 Å². The van der Waals surface area contributed by atoms with E-state index in [4.69, 9.17) is 18.9 Å². The van der Waals surface area contributed by atoms with Gasteiger partial charge in [-0.15, -0.1) is 0 Å². The third kappa shape index (κ3) is 5.30. The minimum absolute atomic E-state index is 0.0958. The maximum atomic E-state index is 13.5. The van der Waals surface area contributed by atoms with Crippen molar-refractivity contribution in [3.63, 3.8) is 0 Å². The van der Waals surface area contributed by atoms with Gasteiger partial charge in [-0.2, -0.15) is 0 Å². The van der Waals surface area contributed by atoms with Crippen LogP contribution < -0.4 is 24.8 Å². The van der Waals surface area contributed by atoms with E-state index in [1.54, 1.807) is 24.9 Å². The number of hydrogen-bond acceptors (Lipinski definition) is 12. The molecule has 5 aromatic rings. The molecule has 0 unspecified atom stereocenters. The zero-order valence-corrected chi connectivity index (χ0v) is 24.2. The Balaban J connectivity index is 1.27. The Morgan fingerprint density at radius 2 is 1.80 bits per heavy atom. The van der Waals surface area contributed by atoms with Crippen molar-refractivity contribution in [1.29, 1.82) is 0 Å². The van der Waals surface area contributed by atoms with Gasteiger partial charge in [-0.3, -0.25) is 9.36 Å². The van der Waals surface area contributed by atoms with E-state index in [1.807, 2.05) is 36.4 Å². The van der Waals surface area contributed by atoms with Crippen molar-refractivity contribution in [3.8, 4) is 17.2 Å². The van der Waals surface area contributed by atoms with E-state index in [-0.39, 0.29) is 5.69 Å². The molecule has 1 amide bonds. The number of rotatable bonds is 10. The predicted octanol–water partition coefficient (Wildman–Crippen LogP) is 2.06. The van der Waals surface area contributed by atoms with Crippen LogP contribution in [0.4, 0.5) is 5.82 Å². The minimum Gasteiger partial charge on any atom is -0.496 e. The van der Waals surface area contributed by atoms with Gasteiger partial charge in [0.25, 0.3) is 5.91 Å². The molecule has 0 saturated carbocycles. The Hall–Kier alpha value is -5.05. The van der Waals surface area contributed by atoms with Crippen LogP contribution >= 0.6 is 0 Å². The minimum atomic E-state index is -1.24. The zero-order valence-electron chi connectivity index (χ0n) is 24.2. The molecule has 14 nitrogen and oxygen atoms in total. The Kier molecular flexibility index (Phi) is 8.11. The molecule has 0 spiro atoms. The number of aromatic nitrogens is 5. The number of aliphatic hydroxyl groups is 2. The van der Waals surface area contributed by atoms with Crippen LogP contribution in [0.1, 0.15) is 22.3 Å². The maximum absolute atomic E-state index is 13.5. The van der Waals surface area contributed by atoms with Gasteiger partial charge in [-0.1, -0.05) is 18.2 Å². The van der Waals surface area contributed by atoms with Crippen molar-refractivity contribution in [3.05, 3.63) is 72.4 Å². The molecule has 3 aromatic heterocycles. The molecule has 44 heavy (non-hydrogen) atoms. The molecule has 1 aliphatic heterocycles. The molecular weight excluding hydrogens is 570 g/mol. The van der Waals surface area contributed by atoms with E-state index in [9.17, 15) is 15.0 Å². The average Bonchev–Trinajstić information content (AvgIpc) is 3.63. The molecule has 4 heterocycles. The lowest BCUT2D eigenvalue weighted by Gasteiger charge is -2.23. The lowest BCUT2D eigenvalue weighted by molar-refractivity contribution is -0.0440. The van der Waals surface area contributed by atoms with Gasteiger partial charge in [0, 0.05) is 18.0 Å². The number of ether oxygens (including phenoxy) is 4. The van der Waals surface area contributed by atoms with E-state index in [0.717, 1.165) is 10.9 Å². The highest BCUT2D eigenvalue weighted by Gasteiger charge is 2.46. The molecule has 14 heteroatoms. The molecule has 0 bridgehead atoms. The van der Waals surface area contributed by atoms with Crippen molar-refractivity contribution in [2.45, 2.75) is 31.0 Å². The predicted molar refractivity (Wildman–Crippen MR) is 159 cm³/mol. The number of aliphatic hydroxyl groups excluding tert-OH is 2. The highest BCUT2D eigenvalue weighted by molar-refractivity contribution is 5.97. The van der Waals surface area contributed by atoms with Crippen LogP contribution in [0.2, 0.25) is 0 Å². The van der Waals surface area contributed by atoms with Crippen molar-refractivity contribution in [2.75, 3.05) is 33.3 Å². The van der Waals surface area contributed by atoms with Gasteiger partial charge < -0.3 is 39.8 Å². The summed E-state index contributed by atoms with van der Waals surface area (Å²) in [5, 5.41) is 27.8. The first-order valence-electron chi connectivity index (χ1n) is 13.8. The Bertz CT molecular complexity index is 1810. The van der Waals surface area contributed by atoms with Crippen LogP contribution in [0.5, 0.6) is 17.2 Å². The van der Waals surface area contributed by atoms with Crippen LogP contribution in [0.15, 0.2) is 61.2 Å². The smallest absolute Gasteiger partial charge is 0.270 e. The number of benzene rings is 2. The molecular formula is C30H31N7O7. The maximum Gasteiger partial charge on any atom is 0.270 e. The number of fused-ring (bicyclic) bond motifs is 2. The second-order valence-corrected chi connectivity index (χ2v) is 10.1. The number of para-hydroxylation sites is 1. The summed E-state index contributed by atoms with van der Waals surface area (Å²) >= 11 is 0. The van der Waals surface area contributed by atoms with Crippen molar-refractivity contribution in [1.82, 2.24) is 29.8 Å². The molecule has 4 atom stereocenters. The fourth-order valence-electron chi connectivity index (χ4n) is 5.29. The van der Waals surface area contributed by atoms with Crippen LogP contribution in [-0.4, -0.2) is 86.8 Å². The molecule has 4 N–H and O–H groups in total. The first-order valence-corrected chi connectivity index (χ1v) is 13.8. The number of carbonyl (C=O) groups is 1. The summed E-state index contributed by atoms with van der Waals surface area (Å²) in [5.74, 6) is 1.62. The van der Waals surface area contributed by atoms with Gasteiger partial charge in [0.15, 0.2) is 34.7 Å². The summed E-state index contributed by atoms with van der Waals surface area (Å²) in [7, 11) is 4.67. The molecule has 2 aromatic carbocycles. The van der Waals surface area contributed by atoms with Crippen molar-refractivity contribution >= 4 is 33.8 Å². The number of anilines is 1. The Morgan fingerprint density at radius 3 is 2.57 bits per heavy atom. The highest BCUT2D eigenvalue weighted by Crippen LogP contribution is 2.33. The number of amides is 1. The van der Waals surface area contributed by atoms with Gasteiger partial charge in [0.1, 0.15) is 36.0 Å². The summed E-state index contributed by atoms with van der Waals surface area (Å²) in [5.41, 5.74) is 2.44. The molecule has 0 aliphatic carbocycles. The molecule has 1 aliphatic rings. The van der Waals surface area contributed by atoms with E-state index >= 15 is 0 Å². The third-order valence-electron chi connectivity index (χ3n) is 7.52. The third-order valence-corrected chi connectivity index (χ3v) is 7.52. The quantitative estimate of drug-likeness (QED) is 0.184. The fourth-order valence-corrected chi connectivity index (χ4v) is 5.29. The molecule has 1 saturated heterocycles. The first kappa shape index (κ1) is 29.0. The zero-order chi connectivity index (χ0) is 30.8. The number of pyridine rings is 1. The van der Waals surface area contributed by atoms with Gasteiger partial charge in [-0.25, -0.2) is 19.9 Å². The van der Waals surface area contributed by atoms with E-state index in [0.29, 0.717) is 46.3 Å². The van der Waals surface area contributed by atoms with E-state index in [2.05, 4.69) is 30.6 Å². The average molecular weight is 602 g/mol.